The van der Waals surface area contributed by atoms with Gasteiger partial charge in [0.25, 0.3) is 0 Å². The van der Waals surface area contributed by atoms with E-state index >= 15 is 0 Å². The van der Waals surface area contributed by atoms with Gasteiger partial charge in [0.1, 0.15) is 11.5 Å². The molecule has 1 fully saturated rings. The molecule has 1 atom stereocenters. The Bertz CT molecular complexity index is 976. The molecule has 7 heteroatoms. The Morgan fingerprint density at radius 1 is 1.13 bits per heavy atom. The molecule has 1 aliphatic heterocycles. The fourth-order valence-corrected chi connectivity index (χ4v) is 3.47. The Labute approximate surface area is 181 Å². The van der Waals surface area contributed by atoms with Crippen LogP contribution in [0.3, 0.4) is 0 Å². The molecular formula is C24H26N2O5. The summed E-state index contributed by atoms with van der Waals surface area (Å²) >= 11 is 0. The van der Waals surface area contributed by atoms with Gasteiger partial charge < -0.3 is 23.9 Å². The third kappa shape index (κ3) is 5.64. The molecule has 0 saturated carbocycles. The predicted molar refractivity (Wildman–Crippen MR) is 115 cm³/mol. The number of nitrogens with zero attached hydrogens (tertiary/aromatic N) is 1. The lowest BCUT2D eigenvalue weighted by atomic mass is 10.2. The van der Waals surface area contributed by atoms with Crippen molar-refractivity contribution in [1.82, 2.24) is 10.3 Å². The van der Waals surface area contributed by atoms with Crippen molar-refractivity contribution in [2.24, 2.45) is 0 Å². The molecule has 0 aliphatic carbocycles. The maximum Gasteiger partial charge on any atom is 0.338 e. The van der Waals surface area contributed by atoms with Crippen molar-refractivity contribution in [3.05, 3.63) is 66.1 Å². The van der Waals surface area contributed by atoms with Crippen LogP contribution in [0.15, 0.2) is 59.1 Å². The summed E-state index contributed by atoms with van der Waals surface area (Å²) in [7, 11) is 1.57. The molecule has 4 rings (SSSR count). The fraction of sp³-hybridized carbons (Fsp3) is 0.333. The van der Waals surface area contributed by atoms with Crippen LogP contribution in [-0.2, 0) is 11.3 Å². The summed E-state index contributed by atoms with van der Waals surface area (Å²) in [4.78, 5) is 16.4. The van der Waals surface area contributed by atoms with Gasteiger partial charge in [0.05, 0.1) is 25.5 Å². The van der Waals surface area contributed by atoms with Crippen LogP contribution in [0.5, 0.6) is 11.5 Å². The number of ether oxygens (including phenoxy) is 3. The fourth-order valence-electron chi connectivity index (χ4n) is 3.47. The zero-order chi connectivity index (χ0) is 21.5. The average Bonchev–Trinajstić information content (AvgIpc) is 3.50. The minimum Gasteiger partial charge on any atom is -0.497 e. The van der Waals surface area contributed by atoms with Gasteiger partial charge in [-0.1, -0.05) is 0 Å². The Morgan fingerprint density at radius 3 is 2.61 bits per heavy atom. The topological polar surface area (TPSA) is 82.8 Å². The van der Waals surface area contributed by atoms with Gasteiger partial charge in [0, 0.05) is 11.6 Å². The van der Waals surface area contributed by atoms with Gasteiger partial charge in [-0.2, -0.15) is 0 Å². The predicted octanol–water partition coefficient (Wildman–Crippen LogP) is 4.23. The molecule has 0 radical (unpaired) electrons. The van der Waals surface area contributed by atoms with Gasteiger partial charge in [-0.15, -0.1) is 0 Å². The van der Waals surface area contributed by atoms with E-state index in [1.807, 2.05) is 24.3 Å². The van der Waals surface area contributed by atoms with Crippen molar-refractivity contribution in [2.75, 3.05) is 20.3 Å². The van der Waals surface area contributed by atoms with Crippen LogP contribution in [0.1, 0.15) is 35.4 Å². The first-order valence-corrected chi connectivity index (χ1v) is 10.4. The number of oxazole rings is 1. The van der Waals surface area contributed by atoms with Crippen molar-refractivity contribution >= 4 is 5.97 Å². The van der Waals surface area contributed by atoms with E-state index in [9.17, 15) is 4.79 Å². The Kier molecular flexibility index (Phi) is 6.84. The normalized spacial score (nSPS) is 15.6. The van der Waals surface area contributed by atoms with E-state index in [0.29, 0.717) is 35.6 Å². The highest BCUT2D eigenvalue weighted by Crippen LogP contribution is 2.23. The molecule has 31 heavy (non-hydrogen) atoms. The highest BCUT2D eigenvalue weighted by atomic mass is 16.5. The number of carbonyl (C=O) groups is 1. The maximum atomic E-state index is 12.2. The molecule has 1 N–H and O–H groups in total. The van der Waals surface area contributed by atoms with Crippen LogP contribution in [0.2, 0.25) is 0 Å². The maximum absolute atomic E-state index is 12.2. The molecule has 162 valence electrons. The highest BCUT2D eigenvalue weighted by molar-refractivity contribution is 5.89. The van der Waals surface area contributed by atoms with Crippen LogP contribution in [0.4, 0.5) is 0 Å². The second kappa shape index (κ2) is 10.1. The van der Waals surface area contributed by atoms with Crippen LogP contribution in [-0.4, -0.2) is 37.3 Å². The molecule has 2 heterocycles. The number of benzene rings is 2. The third-order valence-electron chi connectivity index (χ3n) is 5.22. The van der Waals surface area contributed by atoms with E-state index in [0.717, 1.165) is 24.3 Å². The summed E-state index contributed by atoms with van der Waals surface area (Å²) in [6.07, 6.45) is 5.05. The van der Waals surface area contributed by atoms with Crippen molar-refractivity contribution in [3.8, 4) is 23.0 Å². The number of aromatic nitrogens is 1. The van der Waals surface area contributed by atoms with E-state index in [1.54, 1.807) is 37.6 Å². The monoisotopic (exact) mass is 422 g/mol. The Hall–Kier alpha value is -3.32. The molecule has 3 aromatic rings. The molecule has 0 amide bonds. The second-order valence-corrected chi connectivity index (χ2v) is 7.39. The zero-order valence-corrected chi connectivity index (χ0v) is 17.5. The summed E-state index contributed by atoms with van der Waals surface area (Å²) in [6.45, 7) is 1.81. The molecule has 7 nitrogen and oxygen atoms in total. The van der Waals surface area contributed by atoms with Crippen LogP contribution in [0, 0.1) is 0 Å². The van der Waals surface area contributed by atoms with Gasteiger partial charge in [-0.25, -0.2) is 9.78 Å². The van der Waals surface area contributed by atoms with E-state index < -0.39 is 5.97 Å². The quantitative estimate of drug-likeness (QED) is 0.517. The average molecular weight is 422 g/mol. The number of hydrogen-bond acceptors (Lipinski definition) is 7. The SMILES string of the molecule is COc1ccc(C(=O)OCc2cnc(-c3ccc(OCCC4CCCN4)cc3)o2)cc1. The lowest BCUT2D eigenvalue weighted by molar-refractivity contribution is 0.0446. The summed E-state index contributed by atoms with van der Waals surface area (Å²) in [5.41, 5.74) is 1.28. The number of nitrogens with one attached hydrogen (secondary N) is 1. The molecule has 1 saturated heterocycles. The summed E-state index contributed by atoms with van der Waals surface area (Å²) in [5.74, 6) is 2.01. The highest BCUT2D eigenvalue weighted by Gasteiger charge is 2.14. The smallest absolute Gasteiger partial charge is 0.338 e. The Morgan fingerprint density at radius 2 is 1.90 bits per heavy atom. The van der Waals surface area contributed by atoms with Gasteiger partial charge in [-0.05, 0) is 74.3 Å². The van der Waals surface area contributed by atoms with Crippen molar-refractivity contribution < 1.29 is 23.4 Å². The van der Waals surface area contributed by atoms with E-state index in [4.69, 9.17) is 18.6 Å². The molecular weight excluding hydrogens is 396 g/mol. The van der Waals surface area contributed by atoms with Gasteiger partial charge in [0.2, 0.25) is 5.89 Å². The third-order valence-corrected chi connectivity index (χ3v) is 5.22. The first-order valence-electron chi connectivity index (χ1n) is 10.4. The first kappa shape index (κ1) is 20.9. The van der Waals surface area contributed by atoms with Crippen molar-refractivity contribution in [2.45, 2.75) is 31.9 Å². The van der Waals surface area contributed by atoms with Crippen LogP contribution in [0.25, 0.3) is 11.5 Å². The van der Waals surface area contributed by atoms with Crippen LogP contribution < -0.4 is 14.8 Å². The van der Waals surface area contributed by atoms with E-state index in [2.05, 4.69) is 10.3 Å². The van der Waals surface area contributed by atoms with E-state index in [-0.39, 0.29) is 6.61 Å². The van der Waals surface area contributed by atoms with Gasteiger partial charge in [-0.3, -0.25) is 0 Å². The molecule has 1 aromatic heterocycles. The number of esters is 1. The molecule has 1 aliphatic rings. The lowest BCUT2D eigenvalue weighted by Gasteiger charge is -2.11. The largest absolute Gasteiger partial charge is 0.497 e. The molecule has 0 spiro atoms. The van der Waals surface area contributed by atoms with Crippen molar-refractivity contribution in [1.29, 1.82) is 0 Å². The van der Waals surface area contributed by atoms with Crippen LogP contribution >= 0.6 is 0 Å². The minimum absolute atomic E-state index is 0.00819. The van der Waals surface area contributed by atoms with Crippen molar-refractivity contribution in [3.63, 3.8) is 0 Å². The number of methoxy groups -OCH3 is 1. The first-order chi connectivity index (χ1) is 15.2. The summed E-state index contributed by atoms with van der Waals surface area (Å²) < 4.78 is 21.9. The lowest BCUT2D eigenvalue weighted by Crippen LogP contribution is -2.23. The standard InChI is InChI=1S/C24H26N2O5/c1-28-20-8-6-18(7-9-20)24(27)30-16-22-15-26-23(31-22)17-4-10-21(11-5-17)29-14-12-19-3-2-13-25-19/h4-11,15,19,25H,2-3,12-14,16H2,1H3. The minimum atomic E-state index is -0.435. The van der Waals surface area contributed by atoms with E-state index in [1.165, 1.54) is 12.8 Å². The molecule has 2 aromatic carbocycles. The second-order valence-electron chi connectivity index (χ2n) is 7.39. The number of rotatable bonds is 9. The molecule has 1 unspecified atom stereocenters. The summed E-state index contributed by atoms with van der Waals surface area (Å²) in [6, 6.07) is 14.9. The number of carbonyl (C=O) groups excluding carboxylic acids is 1. The Balaban J connectivity index is 1.27. The zero-order valence-electron chi connectivity index (χ0n) is 17.5. The van der Waals surface area contributed by atoms with Gasteiger partial charge >= 0.3 is 5.97 Å². The number of hydrogen-bond donors (Lipinski definition) is 1. The summed E-state index contributed by atoms with van der Waals surface area (Å²) in [5, 5.41) is 3.47. The van der Waals surface area contributed by atoms with Gasteiger partial charge in [0.15, 0.2) is 12.4 Å². The molecule has 0 bridgehead atoms.